The van der Waals surface area contributed by atoms with Gasteiger partial charge in [-0.2, -0.15) is 24.8 Å². The molecule has 6 heterocycles. The van der Waals surface area contributed by atoms with Crippen LogP contribution in [0.3, 0.4) is 0 Å². The summed E-state index contributed by atoms with van der Waals surface area (Å²) in [4.78, 5) is 27.1. The number of aromatic nitrogens is 10. The number of aryl methyl sites for hydroxylation is 6. The standard InChI is InChI=1S/C24H24BrFN6O3.C19H23FN4O.C5H2BrFN2O2/c1-5-31-13-16(14(2)28-31)8-17-12-30(4)29-23(17)20-7-6-19(26)10-21(20)15(3)35-22-9-18(25)11-27-24(22)32(33)34;1-5-24-11-14(12(2)21-24)8-15-10-23(4)22-19(15)17-7-6-16(20)9-18(17)13(3)25;6-3-1-4(7)5(8-2-3)9(10)11/h6-7,9-13,15H,5,8H2,1-4H3;6-7,9-11,13,25H,5,8H2,1-4H3;1-2H/t15-;13-;/m11./s1. The maximum absolute atomic E-state index is 14.4. The molecule has 0 amide bonds. The third-order valence-corrected chi connectivity index (χ3v) is 11.8. The fraction of sp³-hybridized carbons (Fsp3) is 0.292. The number of rotatable bonds is 14. The van der Waals surface area contributed by atoms with Crippen molar-refractivity contribution in [1.29, 1.82) is 0 Å². The second-order valence-electron chi connectivity index (χ2n) is 16.2. The number of aliphatic hydroxyl groups excluding tert-OH is 1. The van der Waals surface area contributed by atoms with Crippen LogP contribution < -0.4 is 4.74 Å². The Morgan fingerprint density at radius 1 is 0.662 bits per heavy atom. The predicted molar refractivity (Wildman–Crippen MR) is 265 cm³/mol. The van der Waals surface area contributed by atoms with E-state index in [9.17, 15) is 38.5 Å². The molecule has 0 bridgehead atoms. The van der Waals surface area contributed by atoms with E-state index in [1.54, 1.807) is 35.3 Å². The number of nitrogens with zero attached hydrogens (tertiary/aromatic N) is 12. The Morgan fingerprint density at radius 3 is 1.55 bits per heavy atom. The highest BCUT2D eigenvalue weighted by atomic mass is 79.9. The lowest BCUT2D eigenvalue weighted by Crippen LogP contribution is -2.08. The molecule has 2 aromatic carbocycles. The lowest BCUT2D eigenvalue weighted by Gasteiger charge is -2.18. The summed E-state index contributed by atoms with van der Waals surface area (Å²) < 4.78 is 54.7. The summed E-state index contributed by atoms with van der Waals surface area (Å²) in [6.07, 6.45) is 10.2. The molecule has 0 unspecified atom stereocenters. The maximum Gasteiger partial charge on any atom is 0.406 e. The predicted octanol–water partition coefficient (Wildman–Crippen LogP) is 10.8. The van der Waals surface area contributed by atoms with E-state index in [4.69, 9.17) is 4.74 Å². The molecule has 0 fully saturated rings. The Labute approximate surface area is 422 Å². The van der Waals surface area contributed by atoms with Crippen molar-refractivity contribution in [3.05, 3.63) is 177 Å². The van der Waals surface area contributed by atoms with Crippen LogP contribution in [0.5, 0.6) is 5.75 Å². The van der Waals surface area contributed by atoms with Crippen molar-refractivity contribution in [2.45, 2.75) is 79.7 Å². The van der Waals surface area contributed by atoms with Crippen molar-refractivity contribution in [1.82, 2.24) is 49.1 Å². The second-order valence-corrected chi connectivity index (χ2v) is 18.1. The van der Waals surface area contributed by atoms with Gasteiger partial charge in [0.15, 0.2) is 12.4 Å². The molecule has 0 aliphatic carbocycles. The van der Waals surface area contributed by atoms with E-state index in [0.29, 0.717) is 44.2 Å². The quantitative estimate of drug-likeness (QED) is 0.0796. The molecule has 6 aromatic heterocycles. The van der Waals surface area contributed by atoms with Gasteiger partial charge >= 0.3 is 11.6 Å². The number of nitro groups is 2. The molecule has 18 nitrogen and oxygen atoms in total. The molecule has 0 aliphatic heterocycles. The van der Waals surface area contributed by atoms with Crippen LogP contribution in [-0.2, 0) is 40.0 Å². The summed E-state index contributed by atoms with van der Waals surface area (Å²) in [5.41, 5.74) is 10.1. The molecule has 0 aliphatic rings. The Balaban J connectivity index is 0.000000198. The minimum atomic E-state index is -0.940. The summed E-state index contributed by atoms with van der Waals surface area (Å²) >= 11 is 6.19. The van der Waals surface area contributed by atoms with Gasteiger partial charge in [-0.05, 0) is 146 Å². The normalized spacial score (nSPS) is 11.9. The molecule has 2 atom stereocenters. The van der Waals surface area contributed by atoms with Crippen molar-refractivity contribution < 1.29 is 32.9 Å². The van der Waals surface area contributed by atoms with Gasteiger partial charge in [0.1, 0.15) is 17.7 Å². The molecule has 0 radical (unpaired) electrons. The van der Waals surface area contributed by atoms with Crippen LogP contribution >= 0.6 is 31.9 Å². The first kappa shape index (κ1) is 53.2. The maximum atomic E-state index is 14.4. The average molecular weight is 1110 g/mol. The van der Waals surface area contributed by atoms with Crippen molar-refractivity contribution in [3.63, 3.8) is 0 Å². The highest BCUT2D eigenvalue weighted by Crippen LogP contribution is 2.37. The monoisotopic (exact) mass is 1100 g/mol. The molecule has 71 heavy (non-hydrogen) atoms. The molecule has 372 valence electrons. The van der Waals surface area contributed by atoms with Gasteiger partial charge in [0.05, 0.1) is 37.8 Å². The van der Waals surface area contributed by atoms with Crippen LogP contribution in [-0.4, -0.2) is 64.0 Å². The molecule has 0 spiro atoms. The third-order valence-electron chi connectivity index (χ3n) is 11.0. The van der Waals surface area contributed by atoms with Gasteiger partial charge in [0.2, 0.25) is 11.6 Å². The number of pyridine rings is 2. The molecule has 8 rings (SSSR count). The van der Waals surface area contributed by atoms with Gasteiger partial charge in [0.25, 0.3) is 0 Å². The van der Waals surface area contributed by atoms with E-state index in [1.165, 1.54) is 42.7 Å². The van der Waals surface area contributed by atoms with Crippen molar-refractivity contribution >= 4 is 43.5 Å². The first-order valence-corrected chi connectivity index (χ1v) is 23.5. The highest BCUT2D eigenvalue weighted by molar-refractivity contribution is 9.10. The smallest absolute Gasteiger partial charge is 0.406 e. The number of hydrogen-bond acceptors (Lipinski definition) is 12. The average Bonchev–Trinajstić information content (AvgIpc) is 4.08. The summed E-state index contributed by atoms with van der Waals surface area (Å²) in [6.45, 7) is 13.0. The van der Waals surface area contributed by atoms with Crippen LogP contribution in [0.15, 0.2) is 94.7 Å². The zero-order valence-corrected chi connectivity index (χ0v) is 43.0. The van der Waals surface area contributed by atoms with E-state index in [2.05, 4.69) is 69.1 Å². The van der Waals surface area contributed by atoms with Gasteiger partial charge in [-0.25, -0.2) is 8.78 Å². The van der Waals surface area contributed by atoms with E-state index < -0.39 is 45.3 Å². The fourth-order valence-corrected chi connectivity index (χ4v) is 8.21. The summed E-state index contributed by atoms with van der Waals surface area (Å²) in [5, 5.41) is 49.7. The summed E-state index contributed by atoms with van der Waals surface area (Å²) in [5.74, 6) is -2.94. The van der Waals surface area contributed by atoms with E-state index in [-0.39, 0.29) is 11.6 Å². The first-order valence-electron chi connectivity index (χ1n) is 22.0. The Bertz CT molecular complexity index is 3210. The van der Waals surface area contributed by atoms with Gasteiger partial charge < -0.3 is 30.1 Å². The van der Waals surface area contributed by atoms with Crippen LogP contribution in [0, 0.1) is 51.5 Å². The molecule has 8 aromatic rings. The largest absolute Gasteiger partial charge is 0.478 e. The number of halogens is 5. The van der Waals surface area contributed by atoms with Crippen LogP contribution in [0.1, 0.15) is 84.7 Å². The van der Waals surface area contributed by atoms with E-state index >= 15 is 0 Å². The molecular weight excluding hydrogens is 1060 g/mol. The van der Waals surface area contributed by atoms with Crippen LogP contribution in [0.2, 0.25) is 0 Å². The first-order chi connectivity index (χ1) is 33.6. The number of ether oxygens (including phenoxy) is 1. The van der Waals surface area contributed by atoms with Gasteiger partial charge in [-0.15, -0.1) is 0 Å². The SMILES string of the molecule is CCn1cc(Cc2cn(C)nc2-c2ccc(F)cc2[C@@H](C)O)c(C)n1.CCn1cc(Cc2cn(C)nc2-c2ccc(F)cc2[C@@H](C)Oc2cc(Br)cnc2[N+](=O)[O-])c(C)n1.O=[N+]([O-])c1ncc(Br)cc1F. The number of benzene rings is 2. The van der Waals surface area contributed by atoms with Crippen LogP contribution in [0.25, 0.3) is 22.5 Å². The van der Waals surface area contributed by atoms with Gasteiger partial charge in [0, 0.05) is 105 Å². The summed E-state index contributed by atoms with van der Waals surface area (Å²) in [6, 6.07) is 11.3. The minimum Gasteiger partial charge on any atom is -0.478 e. The molecule has 0 saturated heterocycles. The Morgan fingerprint density at radius 2 is 1.11 bits per heavy atom. The zero-order valence-electron chi connectivity index (χ0n) is 39.8. The highest BCUT2D eigenvalue weighted by Gasteiger charge is 2.25. The second kappa shape index (κ2) is 23.2. The lowest BCUT2D eigenvalue weighted by atomic mass is 9.96. The molecule has 0 saturated carbocycles. The summed E-state index contributed by atoms with van der Waals surface area (Å²) in [7, 11) is 3.69. The van der Waals surface area contributed by atoms with Gasteiger partial charge in [-0.1, -0.05) is 0 Å². The van der Waals surface area contributed by atoms with E-state index in [1.807, 2.05) is 69.0 Å². The van der Waals surface area contributed by atoms with Crippen molar-refractivity contribution in [2.24, 2.45) is 14.1 Å². The Kier molecular flexibility index (Phi) is 17.4. The molecule has 1 N–H and O–H groups in total. The minimum absolute atomic E-state index is 0.0177. The molecular formula is C48H49Br2F3N12O6. The van der Waals surface area contributed by atoms with E-state index in [0.717, 1.165) is 64.1 Å². The molecule has 23 heteroatoms. The topological polar surface area (TPSA) is 213 Å². The van der Waals surface area contributed by atoms with Crippen LogP contribution in [0.4, 0.5) is 24.8 Å². The van der Waals surface area contributed by atoms with Gasteiger partial charge in [-0.3, -0.25) is 18.7 Å². The Hall–Kier alpha value is -7.11. The zero-order chi connectivity index (χ0) is 51.8. The lowest BCUT2D eigenvalue weighted by molar-refractivity contribution is -0.392. The fourth-order valence-electron chi connectivity index (χ4n) is 7.60. The van der Waals surface area contributed by atoms with Crippen molar-refractivity contribution in [3.8, 4) is 28.3 Å². The number of hydrogen-bond donors (Lipinski definition) is 1. The van der Waals surface area contributed by atoms with Crippen molar-refractivity contribution in [2.75, 3.05) is 0 Å². The number of aliphatic hydroxyl groups is 1. The third kappa shape index (κ3) is 13.2.